The number of aliphatic carboxylic acids is 1. The van der Waals surface area contributed by atoms with Gasteiger partial charge in [0.2, 0.25) is 0 Å². The van der Waals surface area contributed by atoms with E-state index in [1.807, 2.05) is 0 Å². The molecule has 9 atom stereocenters. The van der Waals surface area contributed by atoms with Crippen LogP contribution in [0.3, 0.4) is 0 Å². The third-order valence-electron chi connectivity index (χ3n) is 16.8. The van der Waals surface area contributed by atoms with Crippen LogP contribution in [0.2, 0.25) is 0 Å². The molecule has 6 aliphatic rings. The number of β-amino-alcohol motifs (C(OH)–C–C–N with tert-alkyl or cyclic N) is 1. The zero-order valence-corrected chi connectivity index (χ0v) is 32.8. The van der Waals surface area contributed by atoms with Crippen LogP contribution < -0.4 is 0 Å². The highest BCUT2D eigenvalue weighted by molar-refractivity contribution is 5.81. The molecule has 5 aliphatic carbocycles. The minimum atomic E-state index is -1.13. The number of allylic oxidation sites excluding steroid dienone is 1. The second-order valence-electron chi connectivity index (χ2n) is 20.2. The van der Waals surface area contributed by atoms with Crippen LogP contribution in [0.15, 0.2) is 11.1 Å². The number of carboxylic acid groups (broad SMARTS) is 1. The number of hydrogen-bond acceptors (Lipinski definition) is 6. The van der Waals surface area contributed by atoms with Gasteiger partial charge in [-0.05, 0) is 125 Å². The van der Waals surface area contributed by atoms with Crippen molar-refractivity contribution in [3.8, 4) is 0 Å². The molecule has 1 saturated heterocycles. The number of rotatable bonds is 8. The summed E-state index contributed by atoms with van der Waals surface area (Å²) in [5.41, 5.74) is 2.55. The molecule has 0 radical (unpaired) electrons. The van der Waals surface area contributed by atoms with Gasteiger partial charge in [0, 0.05) is 43.6 Å². The Balaban J connectivity index is 1.26. The van der Waals surface area contributed by atoms with Gasteiger partial charge >= 0.3 is 11.9 Å². The van der Waals surface area contributed by atoms with Gasteiger partial charge in [-0.2, -0.15) is 0 Å². The minimum Gasteiger partial charge on any atom is -0.481 e. The van der Waals surface area contributed by atoms with E-state index in [1.54, 1.807) is 25.0 Å². The largest absolute Gasteiger partial charge is 0.481 e. The van der Waals surface area contributed by atoms with Crippen molar-refractivity contribution in [3.05, 3.63) is 11.1 Å². The van der Waals surface area contributed by atoms with Crippen LogP contribution in [0.5, 0.6) is 0 Å². The van der Waals surface area contributed by atoms with E-state index in [0.29, 0.717) is 23.7 Å². The lowest BCUT2D eigenvalue weighted by Crippen LogP contribution is -2.66. The average Bonchev–Trinajstić information content (AvgIpc) is 3.41. The van der Waals surface area contributed by atoms with Gasteiger partial charge in [-0.25, -0.2) is 0 Å². The molecule has 6 rings (SSSR count). The lowest BCUT2D eigenvalue weighted by molar-refractivity contribution is -0.235. The van der Waals surface area contributed by atoms with Crippen molar-refractivity contribution in [2.24, 2.45) is 56.2 Å². The van der Waals surface area contributed by atoms with Gasteiger partial charge in [0.05, 0.1) is 17.9 Å². The summed E-state index contributed by atoms with van der Waals surface area (Å²) in [6.45, 7) is 25.6. The average molecular weight is 683 g/mol. The summed E-state index contributed by atoms with van der Waals surface area (Å²) in [6, 6.07) is 0. The SMILES string of the molecule is CC(C)C1=C2[C@H]3CC[C@@H]4[C@@]5(C)CC[C@H](OC(=O)CC(C)(C)C(=O)O)C(C)(C)C5CC[C@@]4(C)[C@]3(C)CC[C@@]2(C(O)CN2CCN(C)CC2)CC1. The fourth-order valence-corrected chi connectivity index (χ4v) is 13.5. The van der Waals surface area contributed by atoms with Crippen LogP contribution in [0.25, 0.3) is 0 Å². The van der Waals surface area contributed by atoms with E-state index in [1.165, 1.54) is 25.7 Å². The number of aliphatic hydroxyl groups excluding tert-OH is 1. The summed E-state index contributed by atoms with van der Waals surface area (Å²) in [6.07, 6.45) is 10.7. The van der Waals surface area contributed by atoms with Gasteiger partial charge in [0.1, 0.15) is 6.10 Å². The van der Waals surface area contributed by atoms with Gasteiger partial charge in [-0.1, -0.05) is 59.6 Å². The van der Waals surface area contributed by atoms with Crippen molar-refractivity contribution in [1.82, 2.24) is 9.80 Å². The Morgan fingerprint density at radius 2 is 1.55 bits per heavy atom. The van der Waals surface area contributed by atoms with Gasteiger partial charge in [-0.3, -0.25) is 14.5 Å². The van der Waals surface area contributed by atoms with Crippen molar-refractivity contribution in [1.29, 1.82) is 0 Å². The molecule has 278 valence electrons. The first-order valence-electron chi connectivity index (χ1n) is 20.0. The summed E-state index contributed by atoms with van der Waals surface area (Å²) in [7, 11) is 2.21. The molecule has 0 aromatic carbocycles. The molecule has 1 aliphatic heterocycles. The number of aliphatic hydroxyl groups is 1. The van der Waals surface area contributed by atoms with Crippen molar-refractivity contribution >= 4 is 11.9 Å². The molecule has 7 heteroatoms. The first-order valence-corrected chi connectivity index (χ1v) is 20.0. The first kappa shape index (κ1) is 37.3. The predicted molar refractivity (Wildman–Crippen MR) is 195 cm³/mol. The number of likely N-dealkylation sites (N-methyl/N-ethyl adjacent to an activating group) is 1. The maximum atomic E-state index is 13.1. The molecular weight excluding hydrogens is 612 g/mol. The Labute approximate surface area is 298 Å². The lowest BCUT2D eigenvalue weighted by atomic mass is 9.33. The topological polar surface area (TPSA) is 90.3 Å². The highest BCUT2D eigenvalue weighted by Gasteiger charge is 2.70. The Hall–Kier alpha value is -1.44. The summed E-state index contributed by atoms with van der Waals surface area (Å²) >= 11 is 0. The van der Waals surface area contributed by atoms with E-state index in [0.717, 1.165) is 71.2 Å². The molecule has 7 nitrogen and oxygen atoms in total. The second-order valence-corrected chi connectivity index (χ2v) is 20.2. The molecule has 2 unspecified atom stereocenters. The molecule has 0 bridgehead atoms. The number of hydrogen-bond donors (Lipinski definition) is 2. The van der Waals surface area contributed by atoms with Gasteiger partial charge in [-0.15, -0.1) is 0 Å². The number of carboxylic acids is 1. The van der Waals surface area contributed by atoms with E-state index < -0.39 is 11.4 Å². The third-order valence-corrected chi connectivity index (χ3v) is 16.8. The van der Waals surface area contributed by atoms with Crippen LogP contribution in [0.4, 0.5) is 0 Å². The number of carbonyl (C=O) groups is 2. The van der Waals surface area contributed by atoms with Crippen molar-refractivity contribution in [2.45, 2.75) is 145 Å². The maximum absolute atomic E-state index is 13.1. The summed E-state index contributed by atoms with van der Waals surface area (Å²) in [5, 5.41) is 21.9. The minimum absolute atomic E-state index is 0.0729. The molecule has 2 N–H and O–H groups in total. The number of nitrogens with zero attached hydrogens (tertiary/aromatic N) is 2. The van der Waals surface area contributed by atoms with E-state index in [-0.39, 0.29) is 51.7 Å². The van der Waals surface area contributed by atoms with Crippen molar-refractivity contribution in [2.75, 3.05) is 39.8 Å². The molecule has 49 heavy (non-hydrogen) atoms. The van der Waals surface area contributed by atoms with Crippen LogP contribution in [-0.2, 0) is 14.3 Å². The highest BCUT2D eigenvalue weighted by atomic mass is 16.5. The van der Waals surface area contributed by atoms with Gasteiger partial charge in [0.15, 0.2) is 0 Å². The summed E-state index contributed by atoms with van der Waals surface area (Å²) in [5.74, 6) is 0.765. The molecule has 0 amide bonds. The quantitative estimate of drug-likeness (QED) is 0.199. The zero-order valence-electron chi connectivity index (χ0n) is 32.8. The van der Waals surface area contributed by atoms with Crippen molar-refractivity contribution in [3.63, 3.8) is 0 Å². The first-order chi connectivity index (χ1) is 22.7. The fraction of sp³-hybridized carbons (Fsp3) is 0.905. The van der Waals surface area contributed by atoms with Crippen LogP contribution >= 0.6 is 0 Å². The summed E-state index contributed by atoms with van der Waals surface area (Å²) < 4.78 is 6.19. The molecule has 1 heterocycles. The van der Waals surface area contributed by atoms with Crippen molar-refractivity contribution < 1.29 is 24.5 Å². The van der Waals surface area contributed by atoms with Crippen LogP contribution in [0.1, 0.15) is 133 Å². The molecular formula is C42H70N2O5. The Bertz CT molecular complexity index is 1330. The van der Waals surface area contributed by atoms with E-state index in [9.17, 15) is 19.8 Å². The standard InChI is InChI=1S/C42H70N2O5/c1-27(2)28-13-18-42(32(45)26-44-23-21-43(10)22-24-44)20-19-40(8)29(35(28)42)11-12-31-39(7)16-15-33(49-34(46)25-37(3,4)36(47)48)38(5,6)30(39)14-17-41(31,40)9/h27,29-33,45H,11-26H2,1-10H3,(H,47,48)/t29-,30?,31-,32?,33+,39+,40-,41-,42-/m1/s1. The van der Waals surface area contributed by atoms with Crippen LogP contribution in [-0.4, -0.2) is 83.9 Å². The third kappa shape index (κ3) is 5.77. The summed E-state index contributed by atoms with van der Waals surface area (Å²) in [4.78, 5) is 29.7. The smallest absolute Gasteiger partial charge is 0.309 e. The molecule has 4 saturated carbocycles. The normalized spacial score (nSPS) is 41.8. The molecule has 0 spiro atoms. The fourth-order valence-electron chi connectivity index (χ4n) is 13.5. The van der Waals surface area contributed by atoms with E-state index in [2.05, 4.69) is 65.3 Å². The number of piperazine rings is 1. The Morgan fingerprint density at radius 3 is 2.18 bits per heavy atom. The zero-order chi connectivity index (χ0) is 35.9. The van der Waals surface area contributed by atoms with Gasteiger partial charge < -0.3 is 19.8 Å². The van der Waals surface area contributed by atoms with E-state index in [4.69, 9.17) is 4.74 Å². The number of ether oxygens (including phenoxy) is 1. The number of esters is 1. The second kappa shape index (κ2) is 12.6. The lowest BCUT2D eigenvalue weighted by Gasteiger charge is -2.72. The Morgan fingerprint density at radius 1 is 0.878 bits per heavy atom. The maximum Gasteiger partial charge on any atom is 0.309 e. The highest BCUT2D eigenvalue weighted by Crippen LogP contribution is 2.77. The van der Waals surface area contributed by atoms with E-state index >= 15 is 0 Å². The molecule has 5 fully saturated rings. The molecule has 0 aromatic heterocycles. The number of fused-ring (bicyclic) bond motifs is 7. The number of carbonyl (C=O) groups excluding carboxylic acids is 1. The Kier molecular flexibility index (Phi) is 9.60. The van der Waals surface area contributed by atoms with Gasteiger partial charge in [0.25, 0.3) is 0 Å². The monoisotopic (exact) mass is 683 g/mol. The van der Waals surface area contributed by atoms with Crippen LogP contribution in [0, 0.1) is 56.2 Å². The molecule has 0 aromatic rings. The predicted octanol–water partition coefficient (Wildman–Crippen LogP) is 7.81.